The van der Waals surface area contributed by atoms with Crippen LogP contribution in [0, 0.1) is 0 Å². The van der Waals surface area contributed by atoms with E-state index in [0.29, 0.717) is 24.3 Å². The third kappa shape index (κ3) is 8.73. The lowest BCUT2D eigenvalue weighted by atomic mass is 10.2. The third-order valence-corrected chi connectivity index (χ3v) is 4.48. The van der Waals surface area contributed by atoms with Crippen molar-refractivity contribution in [2.45, 2.75) is 50.1 Å². The average Bonchev–Trinajstić information content (AvgIpc) is 2.89. The molecule has 1 aliphatic rings. The summed E-state index contributed by atoms with van der Waals surface area (Å²) < 4.78 is 40.3. The Morgan fingerprint density at radius 2 is 2.14 bits per heavy atom. The minimum absolute atomic E-state index is 0.0698. The maximum Gasteiger partial charge on any atom is 0.411 e. The Kier molecular flexibility index (Phi) is 9.00. The van der Waals surface area contributed by atoms with Crippen LogP contribution in [-0.4, -0.2) is 56.0 Å². The summed E-state index contributed by atoms with van der Waals surface area (Å²) in [6.07, 6.45) is 1.82. The molecule has 1 saturated carbocycles. The number of hydrogen-bond acceptors (Lipinski definition) is 3. The second-order valence-electron chi connectivity index (χ2n) is 5.29. The van der Waals surface area contributed by atoms with E-state index < -0.39 is 12.8 Å². The Labute approximate surface area is 134 Å². The molecule has 4 nitrogen and oxygen atoms in total. The lowest BCUT2D eigenvalue weighted by Crippen LogP contribution is -2.42. The summed E-state index contributed by atoms with van der Waals surface area (Å²) in [5.74, 6) is 0.741. The van der Waals surface area contributed by atoms with Gasteiger partial charge in [0, 0.05) is 31.0 Å². The van der Waals surface area contributed by atoms with Gasteiger partial charge in [-0.3, -0.25) is 4.99 Å². The molecule has 0 heterocycles. The molecule has 0 aromatic heterocycles. The Morgan fingerprint density at radius 1 is 1.36 bits per heavy atom. The number of hydrogen-bond donors (Lipinski definition) is 2. The van der Waals surface area contributed by atoms with Gasteiger partial charge in [0.25, 0.3) is 0 Å². The normalized spacial score (nSPS) is 22.9. The number of thioether (sulfide) groups is 1. The molecular formula is C14H26F3N3OS. The van der Waals surface area contributed by atoms with Crippen molar-refractivity contribution in [3.05, 3.63) is 0 Å². The summed E-state index contributed by atoms with van der Waals surface area (Å²) in [6.45, 7) is 2.08. The molecule has 2 unspecified atom stereocenters. The van der Waals surface area contributed by atoms with E-state index in [0.717, 1.165) is 25.3 Å². The Balaban J connectivity index is 2.24. The van der Waals surface area contributed by atoms with Gasteiger partial charge in [-0.1, -0.05) is 0 Å². The van der Waals surface area contributed by atoms with Crippen molar-refractivity contribution in [3.8, 4) is 0 Å². The fourth-order valence-corrected chi connectivity index (χ4v) is 3.14. The first kappa shape index (κ1) is 19.4. The first-order chi connectivity index (χ1) is 10.4. The first-order valence-corrected chi connectivity index (χ1v) is 8.95. The van der Waals surface area contributed by atoms with Crippen LogP contribution in [-0.2, 0) is 4.74 Å². The van der Waals surface area contributed by atoms with Gasteiger partial charge in [-0.05, 0) is 38.9 Å². The van der Waals surface area contributed by atoms with E-state index in [4.69, 9.17) is 0 Å². The zero-order chi connectivity index (χ0) is 16.4. The van der Waals surface area contributed by atoms with Gasteiger partial charge in [0.1, 0.15) is 6.61 Å². The molecule has 2 atom stereocenters. The van der Waals surface area contributed by atoms with Crippen molar-refractivity contribution >= 4 is 17.7 Å². The second-order valence-corrected chi connectivity index (χ2v) is 6.43. The molecule has 1 rings (SSSR count). The number of guanidine groups is 1. The van der Waals surface area contributed by atoms with Crippen molar-refractivity contribution in [2.75, 3.05) is 32.6 Å². The van der Waals surface area contributed by atoms with Crippen molar-refractivity contribution in [1.82, 2.24) is 10.6 Å². The van der Waals surface area contributed by atoms with Crippen LogP contribution in [0.5, 0.6) is 0 Å². The molecule has 0 aliphatic heterocycles. The van der Waals surface area contributed by atoms with Gasteiger partial charge >= 0.3 is 6.18 Å². The summed E-state index contributed by atoms with van der Waals surface area (Å²) >= 11 is 1.90. The van der Waals surface area contributed by atoms with Crippen LogP contribution in [0.3, 0.4) is 0 Å². The predicted molar refractivity (Wildman–Crippen MR) is 85.5 cm³/mol. The molecular weight excluding hydrogens is 315 g/mol. The molecule has 2 N–H and O–H groups in total. The molecule has 8 heteroatoms. The highest BCUT2D eigenvalue weighted by atomic mass is 32.2. The van der Waals surface area contributed by atoms with Gasteiger partial charge in [-0.25, -0.2) is 0 Å². The monoisotopic (exact) mass is 341 g/mol. The highest BCUT2D eigenvalue weighted by molar-refractivity contribution is 7.99. The van der Waals surface area contributed by atoms with E-state index in [1.54, 1.807) is 0 Å². The number of ether oxygens (including phenoxy) is 1. The second kappa shape index (κ2) is 10.2. The molecule has 0 spiro atoms. The molecule has 0 aromatic carbocycles. The van der Waals surface area contributed by atoms with Crippen LogP contribution in [0.1, 0.15) is 32.6 Å². The maximum atomic E-state index is 11.9. The number of rotatable bonds is 8. The van der Waals surface area contributed by atoms with Gasteiger partial charge in [0.15, 0.2) is 5.96 Å². The van der Waals surface area contributed by atoms with E-state index in [9.17, 15) is 13.2 Å². The molecule has 1 fully saturated rings. The van der Waals surface area contributed by atoms with Crippen molar-refractivity contribution < 1.29 is 17.9 Å². The minimum Gasteiger partial charge on any atom is -0.372 e. The number of nitrogens with one attached hydrogen (secondary N) is 2. The molecule has 1 aliphatic carbocycles. The fraction of sp³-hybridized carbons (Fsp3) is 0.929. The highest BCUT2D eigenvalue weighted by Crippen LogP contribution is 2.27. The van der Waals surface area contributed by atoms with E-state index in [2.05, 4.69) is 26.6 Å². The zero-order valence-electron chi connectivity index (χ0n) is 13.2. The zero-order valence-corrected chi connectivity index (χ0v) is 14.0. The summed E-state index contributed by atoms with van der Waals surface area (Å²) in [5.41, 5.74) is 0. The SMILES string of the molecule is CCNC(=NCCCOCC(F)(F)F)NC1CCC(SC)C1. The Morgan fingerprint density at radius 3 is 2.73 bits per heavy atom. The predicted octanol–water partition coefficient (Wildman–Crippen LogP) is 2.79. The molecule has 0 radical (unpaired) electrons. The number of halogens is 3. The average molecular weight is 341 g/mol. The molecule has 0 saturated heterocycles. The van der Waals surface area contributed by atoms with Gasteiger partial charge in [-0.15, -0.1) is 0 Å². The number of aliphatic imine (C=N–C) groups is 1. The van der Waals surface area contributed by atoms with Gasteiger partial charge < -0.3 is 15.4 Å². The number of alkyl halides is 3. The molecule has 22 heavy (non-hydrogen) atoms. The summed E-state index contributed by atoms with van der Waals surface area (Å²) in [4.78, 5) is 4.39. The van der Waals surface area contributed by atoms with E-state index >= 15 is 0 Å². The van der Waals surface area contributed by atoms with Crippen LogP contribution in [0.25, 0.3) is 0 Å². The van der Waals surface area contributed by atoms with Crippen LogP contribution >= 0.6 is 11.8 Å². The largest absolute Gasteiger partial charge is 0.411 e. The summed E-state index contributed by atoms with van der Waals surface area (Å²) in [6, 6.07) is 0.428. The van der Waals surface area contributed by atoms with Crippen LogP contribution < -0.4 is 10.6 Å². The van der Waals surface area contributed by atoms with E-state index in [1.807, 2.05) is 18.7 Å². The topological polar surface area (TPSA) is 45.7 Å². The van der Waals surface area contributed by atoms with E-state index in [1.165, 1.54) is 6.42 Å². The highest BCUT2D eigenvalue weighted by Gasteiger charge is 2.27. The summed E-state index contributed by atoms with van der Waals surface area (Å²) in [5, 5.41) is 7.27. The molecule has 0 amide bonds. The summed E-state index contributed by atoms with van der Waals surface area (Å²) in [7, 11) is 0. The van der Waals surface area contributed by atoms with Gasteiger partial charge in [0.2, 0.25) is 0 Å². The van der Waals surface area contributed by atoms with Crippen molar-refractivity contribution in [1.29, 1.82) is 0 Å². The van der Waals surface area contributed by atoms with Gasteiger partial charge in [-0.2, -0.15) is 24.9 Å². The van der Waals surface area contributed by atoms with Crippen molar-refractivity contribution in [3.63, 3.8) is 0 Å². The van der Waals surface area contributed by atoms with E-state index in [-0.39, 0.29) is 6.61 Å². The Bertz CT molecular complexity index is 340. The van der Waals surface area contributed by atoms with Crippen LogP contribution in [0.15, 0.2) is 4.99 Å². The van der Waals surface area contributed by atoms with Crippen LogP contribution in [0.4, 0.5) is 13.2 Å². The Hall–Kier alpha value is -0.630. The van der Waals surface area contributed by atoms with Crippen LogP contribution in [0.2, 0.25) is 0 Å². The lowest BCUT2D eigenvalue weighted by molar-refractivity contribution is -0.173. The first-order valence-electron chi connectivity index (χ1n) is 7.66. The quantitative estimate of drug-likeness (QED) is 0.405. The molecule has 0 aromatic rings. The molecule has 0 bridgehead atoms. The third-order valence-electron chi connectivity index (χ3n) is 3.39. The standard InChI is InChI=1S/C14H26F3N3OS/c1-3-18-13(20-11-5-6-12(9-11)22-2)19-7-4-8-21-10-14(15,16)17/h11-12H,3-10H2,1-2H3,(H2,18,19,20). The lowest BCUT2D eigenvalue weighted by Gasteiger charge is -2.17. The van der Waals surface area contributed by atoms with Gasteiger partial charge in [0.05, 0.1) is 0 Å². The maximum absolute atomic E-state index is 11.9. The molecule has 130 valence electrons. The fourth-order valence-electron chi connectivity index (χ4n) is 2.34. The number of nitrogens with zero attached hydrogens (tertiary/aromatic N) is 1. The minimum atomic E-state index is -4.25. The van der Waals surface area contributed by atoms with Crippen molar-refractivity contribution in [2.24, 2.45) is 4.99 Å². The smallest absolute Gasteiger partial charge is 0.372 e.